The fraction of sp³-hybridized carbons (Fsp3) is 0.200. The molecule has 0 aliphatic heterocycles. The van der Waals surface area contributed by atoms with Crippen molar-refractivity contribution in [1.29, 1.82) is 0 Å². The Kier molecular flexibility index (Phi) is 3.88. The van der Waals surface area contributed by atoms with Gasteiger partial charge < -0.3 is 5.11 Å². The summed E-state index contributed by atoms with van der Waals surface area (Å²) in [6.07, 6.45) is 0. The Bertz CT molecular complexity index is 780. The molecule has 2 aromatic rings. The fourth-order valence-corrected chi connectivity index (χ4v) is 2.92. The summed E-state index contributed by atoms with van der Waals surface area (Å²) in [4.78, 5) is -0.544. The van der Waals surface area contributed by atoms with Gasteiger partial charge in [0.05, 0.1) is 5.60 Å². The van der Waals surface area contributed by atoms with Crippen LogP contribution in [-0.4, -0.2) is 13.5 Å². The number of sulfonamides is 1. The van der Waals surface area contributed by atoms with E-state index in [-0.39, 0.29) is 5.56 Å². The van der Waals surface area contributed by atoms with E-state index in [2.05, 4.69) is 0 Å². The molecule has 0 atom stereocenters. The molecule has 2 rings (SSSR count). The monoisotopic (exact) mass is 309 g/mol. The normalized spacial score (nSPS) is 12.4. The van der Waals surface area contributed by atoms with Crippen LogP contribution >= 0.6 is 0 Å². The maximum atomic E-state index is 13.9. The zero-order valence-electron chi connectivity index (χ0n) is 11.7. The number of aliphatic hydroxyl groups is 1. The fourth-order valence-electron chi connectivity index (χ4n) is 2.09. The van der Waals surface area contributed by atoms with Gasteiger partial charge in [0.2, 0.25) is 10.0 Å². The average Bonchev–Trinajstić information content (AvgIpc) is 2.36. The van der Waals surface area contributed by atoms with Crippen molar-refractivity contribution in [3.8, 4) is 11.1 Å². The van der Waals surface area contributed by atoms with E-state index in [1.807, 2.05) is 0 Å². The summed E-state index contributed by atoms with van der Waals surface area (Å²) in [6.45, 7) is 3.22. The van der Waals surface area contributed by atoms with Gasteiger partial charge in [0.15, 0.2) is 0 Å². The minimum absolute atomic E-state index is 0.170. The second-order valence-electron chi connectivity index (χ2n) is 5.30. The third-order valence-corrected chi connectivity index (χ3v) is 4.12. The maximum absolute atomic E-state index is 13.9. The minimum Gasteiger partial charge on any atom is -0.386 e. The molecule has 0 fully saturated rings. The van der Waals surface area contributed by atoms with Gasteiger partial charge >= 0.3 is 0 Å². The first-order valence-electron chi connectivity index (χ1n) is 6.25. The Hall–Kier alpha value is -1.76. The van der Waals surface area contributed by atoms with Crippen LogP contribution in [0, 0.1) is 5.82 Å². The van der Waals surface area contributed by atoms with Gasteiger partial charge in [-0.05, 0) is 37.1 Å². The molecular weight excluding hydrogens is 293 g/mol. The summed E-state index contributed by atoms with van der Waals surface area (Å²) < 4.78 is 37.1. The van der Waals surface area contributed by atoms with E-state index in [0.29, 0.717) is 11.1 Å². The van der Waals surface area contributed by atoms with Crippen molar-refractivity contribution in [2.24, 2.45) is 5.14 Å². The molecule has 112 valence electrons. The standard InChI is InChI=1S/C15H16FNO3S/c1-15(2,18)11-6-3-5-10(9-11)12-7-4-8-13(16)14(12)21(17,19)20/h3-9,18H,1-2H3,(H2,17,19,20). The topological polar surface area (TPSA) is 80.4 Å². The van der Waals surface area contributed by atoms with Crippen LogP contribution in [0.4, 0.5) is 4.39 Å². The summed E-state index contributed by atoms with van der Waals surface area (Å²) in [5.74, 6) is -0.899. The molecule has 0 saturated heterocycles. The number of rotatable bonds is 3. The van der Waals surface area contributed by atoms with Crippen LogP contribution in [0.25, 0.3) is 11.1 Å². The van der Waals surface area contributed by atoms with E-state index in [9.17, 15) is 17.9 Å². The summed E-state index contributed by atoms with van der Waals surface area (Å²) in [7, 11) is -4.20. The van der Waals surface area contributed by atoms with Crippen molar-refractivity contribution >= 4 is 10.0 Å². The molecule has 6 heteroatoms. The molecule has 0 bridgehead atoms. The summed E-state index contributed by atoms with van der Waals surface area (Å²) >= 11 is 0. The third kappa shape index (κ3) is 3.29. The van der Waals surface area contributed by atoms with Gasteiger partial charge in [-0.1, -0.05) is 30.3 Å². The lowest BCUT2D eigenvalue weighted by Gasteiger charge is -2.19. The van der Waals surface area contributed by atoms with Gasteiger partial charge in [0, 0.05) is 5.56 Å². The van der Waals surface area contributed by atoms with E-state index in [1.54, 1.807) is 38.1 Å². The zero-order chi connectivity index (χ0) is 15.8. The molecule has 0 amide bonds. The lowest BCUT2D eigenvalue weighted by atomic mass is 9.94. The van der Waals surface area contributed by atoms with E-state index in [1.165, 1.54) is 12.1 Å². The van der Waals surface area contributed by atoms with Crippen LogP contribution in [0.2, 0.25) is 0 Å². The molecular formula is C15H16FNO3S. The van der Waals surface area contributed by atoms with Crippen LogP contribution in [0.3, 0.4) is 0 Å². The van der Waals surface area contributed by atoms with E-state index in [4.69, 9.17) is 5.14 Å². The highest BCUT2D eigenvalue weighted by atomic mass is 32.2. The van der Waals surface area contributed by atoms with Crippen molar-refractivity contribution in [1.82, 2.24) is 0 Å². The Morgan fingerprint density at radius 2 is 1.76 bits per heavy atom. The van der Waals surface area contributed by atoms with Gasteiger partial charge in [-0.15, -0.1) is 0 Å². The molecule has 4 nitrogen and oxygen atoms in total. The maximum Gasteiger partial charge on any atom is 0.241 e. The predicted molar refractivity (Wildman–Crippen MR) is 78.5 cm³/mol. The molecule has 0 unspecified atom stereocenters. The third-order valence-electron chi connectivity index (χ3n) is 3.13. The molecule has 0 aromatic heterocycles. The van der Waals surface area contributed by atoms with E-state index < -0.39 is 26.3 Å². The van der Waals surface area contributed by atoms with Gasteiger partial charge in [-0.2, -0.15) is 0 Å². The smallest absolute Gasteiger partial charge is 0.241 e. The number of benzene rings is 2. The SMILES string of the molecule is CC(C)(O)c1cccc(-c2cccc(F)c2S(N)(=O)=O)c1. The van der Waals surface area contributed by atoms with Gasteiger partial charge in [0.1, 0.15) is 10.7 Å². The van der Waals surface area contributed by atoms with Crippen molar-refractivity contribution in [3.05, 3.63) is 53.8 Å². The van der Waals surface area contributed by atoms with Crippen molar-refractivity contribution in [2.75, 3.05) is 0 Å². The van der Waals surface area contributed by atoms with Crippen LogP contribution in [0.15, 0.2) is 47.4 Å². The summed E-state index contributed by atoms with van der Waals surface area (Å²) in [5.41, 5.74) is 0.136. The second-order valence-corrected chi connectivity index (χ2v) is 6.80. The first kappa shape index (κ1) is 15.6. The molecule has 0 aliphatic carbocycles. The highest BCUT2D eigenvalue weighted by Crippen LogP contribution is 2.31. The van der Waals surface area contributed by atoms with Crippen LogP contribution in [0.1, 0.15) is 19.4 Å². The quantitative estimate of drug-likeness (QED) is 0.913. The number of hydrogen-bond acceptors (Lipinski definition) is 3. The Labute approximate surface area is 123 Å². The number of hydrogen-bond donors (Lipinski definition) is 2. The van der Waals surface area contributed by atoms with Gasteiger partial charge in [-0.3, -0.25) is 0 Å². The predicted octanol–water partition coefficient (Wildman–Crippen LogP) is 2.37. The largest absolute Gasteiger partial charge is 0.386 e. The lowest BCUT2D eigenvalue weighted by Crippen LogP contribution is -2.16. The van der Waals surface area contributed by atoms with Gasteiger partial charge in [-0.25, -0.2) is 17.9 Å². The molecule has 0 heterocycles. The average molecular weight is 309 g/mol. The minimum atomic E-state index is -4.20. The Morgan fingerprint density at radius 1 is 1.14 bits per heavy atom. The Balaban J connectivity index is 2.72. The molecule has 2 aromatic carbocycles. The van der Waals surface area contributed by atoms with Crippen molar-refractivity contribution in [3.63, 3.8) is 0 Å². The highest BCUT2D eigenvalue weighted by molar-refractivity contribution is 7.89. The summed E-state index contributed by atoms with van der Waals surface area (Å²) in [6, 6.07) is 10.6. The summed E-state index contributed by atoms with van der Waals surface area (Å²) in [5, 5.41) is 15.1. The lowest BCUT2D eigenvalue weighted by molar-refractivity contribution is 0.0786. The molecule has 21 heavy (non-hydrogen) atoms. The van der Waals surface area contributed by atoms with Crippen LogP contribution in [0.5, 0.6) is 0 Å². The molecule has 0 aliphatic rings. The second kappa shape index (κ2) is 5.22. The molecule has 3 N–H and O–H groups in total. The number of primary sulfonamides is 1. The van der Waals surface area contributed by atoms with Crippen molar-refractivity contribution in [2.45, 2.75) is 24.3 Å². The van der Waals surface area contributed by atoms with Crippen molar-refractivity contribution < 1.29 is 17.9 Å². The van der Waals surface area contributed by atoms with E-state index >= 15 is 0 Å². The van der Waals surface area contributed by atoms with Gasteiger partial charge in [0.25, 0.3) is 0 Å². The van der Waals surface area contributed by atoms with Crippen LogP contribution < -0.4 is 5.14 Å². The first-order chi connectivity index (χ1) is 9.60. The number of nitrogens with two attached hydrogens (primary N) is 1. The zero-order valence-corrected chi connectivity index (χ0v) is 12.5. The molecule has 0 saturated carbocycles. The molecule has 0 radical (unpaired) electrons. The van der Waals surface area contributed by atoms with E-state index in [0.717, 1.165) is 6.07 Å². The molecule has 0 spiro atoms. The first-order valence-corrected chi connectivity index (χ1v) is 7.80. The number of halogens is 1. The van der Waals surface area contributed by atoms with Crippen LogP contribution in [-0.2, 0) is 15.6 Å². The Morgan fingerprint density at radius 3 is 2.33 bits per heavy atom. The highest BCUT2D eigenvalue weighted by Gasteiger charge is 2.22.